The Kier molecular flexibility index (Phi) is 5.90. The summed E-state index contributed by atoms with van der Waals surface area (Å²) in [4.78, 5) is 2.33. The number of piperidine rings is 1. The summed E-state index contributed by atoms with van der Waals surface area (Å²) < 4.78 is 40.7. The molecule has 0 saturated carbocycles. The summed E-state index contributed by atoms with van der Waals surface area (Å²) in [5.74, 6) is -0.380. The van der Waals surface area contributed by atoms with E-state index in [1.165, 1.54) is 17.7 Å². The number of nitrogens with zero attached hydrogens (tertiary/aromatic N) is 3. The number of benzene rings is 2. The van der Waals surface area contributed by atoms with Crippen molar-refractivity contribution in [3.63, 3.8) is 0 Å². The third-order valence-corrected chi connectivity index (χ3v) is 5.99. The van der Waals surface area contributed by atoms with E-state index in [1.54, 1.807) is 13.1 Å². The van der Waals surface area contributed by atoms with Crippen LogP contribution in [0.25, 0.3) is 10.9 Å². The van der Waals surface area contributed by atoms with Gasteiger partial charge in [-0.05, 0) is 63.5 Å². The lowest BCUT2D eigenvalue weighted by Gasteiger charge is -2.29. The molecule has 7 heteroatoms. The molecule has 1 fully saturated rings. The predicted molar refractivity (Wildman–Crippen MR) is 112 cm³/mol. The number of fused-ring (bicyclic) bond motifs is 1. The highest BCUT2D eigenvalue weighted by Gasteiger charge is 2.21. The molecule has 1 atom stereocenters. The molecule has 0 aliphatic carbocycles. The van der Waals surface area contributed by atoms with Crippen molar-refractivity contribution in [2.75, 3.05) is 25.5 Å². The van der Waals surface area contributed by atoms with E-state index in [2.05, 4.69) is 39.6 Å². The largest absolute Gasteiger partial charge is 0.377 e. The second kappa shape index (κ2) is 8.60. The van der Waals surface area contributed by atoms with Gasteiger partial charge in [-0.1, -0.05) is 24.3 Å². The van der Waals surface area contributed by atoms with Crippen LogP contribution in [0.1, 0.15) is 54.8 Å². The summed E-state index contributed by atoms with van der Waals surface area (Å²) in [7, 11) is 2.14. The van der Waals surface area contributed by atoms with Crippen LogP contribution >= 0.6 is 0 Å². The average Bonchev–Trinajstić information content (AvgIpc) is 2.74. The second-order valence-corrected chi connectivity index (χ2v) is 8.03. The molecular formula is C23H25F3N4. The van der Waals surface area contributed by atoms with Gasteiger partial charge in [-0.2, -0.15) is 10.2 Å². The number of anilines is 1. The van der Waals surface area contributed by atoms with Gasteiger partial charge in [0.2, 0.25) is 0 Å². The quantitative estimate of drug-likeness (QED) is 0.582. The molecule has 4 rings (SSSR count). The van der Waals surface area contributed by atoms with Crippen molar-refractivity contribution in [2.24, 2.45) is 0 Å². The van der Waals surface area contributed by atoms with E-state index in [0.29, 0.717) is 11.6 Å². The van der Waals surface area contributed by atoms with E-state index in [4.69, 9.17) is 0 Å². The van der Waals surface area contributed by atoms with Crippen LogP contribution in [0.2, 0.25) is 0 Å². The van der Waals surface area contributed by atoms with Crippen molar-refractivity contribution in [1.29, 1.82) is 0 Å². The Bertz CT molecular complexity index is 1030. The van der Waals surface area contributed by atoms with Crippen LogP contribution in [0.4, 0.5) is 18.9 Å². The Balaban J connectivity index is 1.64. The van der Waals surface area contributed by atoms with Gasteiger partial charge in [-0.15, -0.1) is 0 Å². The number of nitrogens with one attached hydrogen (secondary N) is 1. The lowest BCUT2D eigenvalue weighted by molar-refractivity contribution is 0.146. The fourth-order valence-electron chi connectivity index (χ4n) is 4.17. The Morgan fingerprint density at radius 1 is 1.10 bits per heavy atom. The minimum absolute atomic E-state index is 0.198. The van der Waals surface area contributed by atoms with Gasteiger partial charge in [0, 0.05) is 10.9 Å². The van der Waals surface area contributed by atoms with E-state index in [9.17, 15) is 13.2 Å². The first-order valence-electron chi connectivity index (χ1n) is 10.2. The summed E-state index contributed by atoms with van der Waals surface area (Å²) in [5.41, 5.74) is 2.33. The van der Waals surface area contributed by atoms with Gasteiger partial charge in [-0.25, -0.2) is 13.2 Å². The molecule has 1 aromatic heterocycles. The van der Waals surface area contributed by atoms with Gasteiger partial charge in [0.1, 0.15) is 5.82 Å². The van der Waals surface area contributed by atoms with Gasteiger partial charge < -0.3 is 10.2 Å². The number of aromatic nitrogens is 2. The highest BCUT2D eigenvalue weighted by atomic mass is 19.3. The Hall–Kier alpha value is -2.67. The summed E-state index contributed by atoms with van der Waals surface area (Å²) in [5, 5.41) is 12.4. The van der Waals surface area contributed by atoms with Crippen LogP contribution < -0.4 is 5.32 Å². The number of alkyl halides is 2. The SMILES string of the molecule is C[C@@H](Nc1cnnc2ccc(C3CCN(C)CC3)cc12)c1cccc(C(F)F)c1F. The molecule has 2 aromatic carbocycles. The molecular weight excluding hydrogens is 389 g/mol. The van der Waals surface area contributed by atoms with Crippen molar-refractivity contribution in [1.82, 2.24) is 15.1 Å². The third kappa shape index (κ3) is 4.12. The maximum atomic E-state index is 14.6. The molecule has 1 aliphatic rings. The Morgan fingerprint density at radius 2 is 1.83 bits per heavy atom. The molecule has 3 aromatic rings. The van der Waals surface area contributed by atoms with Gasteiger partial charge in [-0.3, -0.25) is 0 Å². The summed E-state index contributed by atoms with van der Waals surface area (Å²) in [6, 6.07) is 9.78. The monoisotopic (exact) mass is 414 g/mol. The summed E-state index contributed by atoms with van der Waals surface area (Å²) in [6.45, 7) is 3.89. The first kappa shape index (κ1) is 20.6. The first-order valence-corrected chi connectivity index (χ1v) is 10.2. The highest BCUT2D eigenvalue weighted by molar-refractivity contribution is 5.91. The van der Waals surface area contributed by atoms with E-state index in [-0.39, 0.29) is 5.56 Å². The van der Waals surface area contributed by atoms with Gasteiger partial charge in [0.25, 0.3) is 6.43 Å². The number of rotatable bonds is 5. The van der Waals surface area contributed by atoms with Crippen molar-refractivity contribution < 1.29 is 13.2 Å². The molecule has 30 heavy (non-hydrogen) atoms. The van der Waals surface area contributed by atoms with Crippen LogP contribution in [0.15, 0.2) is 42.6 Å². The van der Waals surface area contributed by atoms with Crippen molar-refractivity contribution in [2.45, 2.75) is 38.2 Å². The molecule has 0 bridgehead atoms. The minimum Gasteiger partial charge on any atom is -0.377 e. The molecule has 0 unspecified atom stereocenters. The number of likely N-dealkylation sites (tertiary alicyclic amines) is 1. The maximum Gasteiger partial charge on any atom is 0.266 e. The predicted octanol–water partition coefficient (Wildman–Crippen LogP) is 5.69. The highest BCUT2D eigenvalue weighted by Crippen LogP contribution is 2.33. The van der Waals surface area contributed by atoms with Crippen molar-refractivity contribution in [3.8, 4) is 0 Å². The molecule has 4 nitrogen and oxygen atoms in total. The third-order valence-electron chi connectivity index (χ3n) is 5.99. The van der Waals surface area contributed by atoms with Crippen LogP contribution in [0.3, 0.4) is 0 Å². The smallest absolute Gasteiger partial charge is 0.266 e. The minimum atomic E-state index is -2.85. The number of halogens is 3. The number of hydrogen-bond acceptors (Lipinski definition) is 4. The van der Waals surface area contributed by atoms with E-state index < -0.39 is 23.8 Å². The maximum absolute atomic E-state index is 14.6. The van der Waals surface area contributed by atoms with Crippen LogP contribution in [0.5, 0.6) is 0 Å². The van der Waals surface area contributed by atoms with E-state index in [0.717, 1.165) is 42.9 Å². The summed E-state index contributed by atoms with van der Waals surface area (Å²) >= 11 is 0. The number of hydrogen-bond donors (Lipinski definition) is 1. The van der Waals surface area contributed by atoms with Gasteiger partial charge >= 0.3 is 0 Å². The average molecular weight is 414 g/mol. The Labute approximate surface area is 174 Å². The van der Waals surface area contributed by atoms with Crippen LogP contribution in [0, 0.1) is 5.82 Å². The lowest BCUT2D eigenvalue weighted by Crippen LogP contribution is -2.29. The van der Waals surface area contributed by atoms with Crippen molar-refractivity contribution in [3.05, 3.63) is 65.1 Å². The Morgan fingerprint density at radius 3 is 2.57 bits per heavy atom. The molecule has 1 saturated heterocycles. The fraction of sp³-hybridized carbons (Fsp3) is 0.391. The zero-order valence-corrected chi connectivity index (χ0v) is 17.1. The molecule has 0 radical (unpaired) electrons. The molecule has 158 valence electrons. The second-order valence-electron chi connectivity index (χ2n) is 8.03. The molecule has 0 spiro atoms. The molecule has 1 aliphatic heterocycles. The molecule has 2 heterocycles. The van der Waals surface area contributed by atoms with Crippen LogP contribution in [-0.4, -0.2) is 35.2 Å². The first-order chi connectivity index (χ1) is 14.4. The zero-order chi connectivity index (χ0) is 21.3. The van der Waals surface area contributed by atoms with Crippen molar-refractivity contribution >= 4 is 16.6 Å². The fourth-order valence-corrected chi connectivity index (χ4v) is 4.17. The topological polar surface area (TPSA) is 41.1 Å². The van der Waals surface area contributed by atoms with E-state index >= 15 is 0 Å². The van der Waals surface area contributed by atoms with E-state index in [1.807, 2.05) is 6.07 Å². The molecule has 0 amide bonds. The summed E-state index contributed by atoms with van der Waals surface area (Å²) in [6.07, 6.45) is 0.959. The standard InChI is InChI=1S/C23H25F3N4/c1-14(17-4-3-5-18(22(17)24)23(25)26)28-21-13-27-29-20-7-6-16(12-19(20)21)15-8-10-30(2)11-9-15/h3-7,12-15,23H,8-11H2,1-2H3,(H,28,29)/t14-/m1/s1. The van der Waals surface area contributed by atoms with Crippen LogP contribution in [-0.2, 0) is 0 Å². The molecule has 1 N–H and O–H groups in total. The zero-order valence-electron chi connectivity index (χ0n) is 17.1. The lowest BCUT2D eigenvalue weighted by atomic mass is 9.89. The van der Waals surface area contributed by atoms with Gasteiger partial charge in [0.05, 0.1) is 29.0 Å². The normalized spacial score (nSPS) is 16.9. The van der Waals surface area contributed by atoms with Gasteiger partial charge in [0.15, 0.2) is 0 Å².